The molecule has 0 amide bonds. The zero-order chi connectivity index (χ0) is 20.7. The highest BCUT2D eigenvalue weighted by atomic mass is 35.5. The van der Waals surface area contributed by atoms with Gasteiger partial charge in [-0.2, -0.15) is 13.2 Å². The molecule has 1 aliphatic heterocycles. The van der Waals surface area contributed by atoms with E-state index in [0.29, 0.717) is 12.2 Å². The number of methoxy groups -OCH3 is 1. The van der Waals surface area contributed by atoms with Crippen molar-refractivity contribution in [2.75, 3.05) is 13.7 Å². The van der Waals surface area contributed by atoms with Gasteiger partial charge in [-0.05, 0) is 37.0 Å². The molecule has 9 heteroatoms. The maximum atomic E-state index is 12.7. The summed E-state index contributed by atoms with van der Waals surface area (Å²) in [7, 11) is 1.44. The fraction of sp³-hybridized carbons (Fsp3) is 0.421. The molecule has 0 unspecified atom stereocenters. The van der Waals surface area contributed by atoms with Crippen molar-refractivity contribution in [2.24, 2.45) is 10.7 Å². The van der Waals surface area contributed by atoms with Crippen molar-refractivity contribution in [1.82, 2.24) is 5.32 Å². The summed E-state index contributed by atoms with van der Waals surface area (Å²) < 4.78 is 49.4. The number of hydrogen-bond acceptors (Lipinski definition) is 4. The standard InChI is InChI=1S/C19H23ClF3N3O2/c1-12(17(27-2)18(20)26-11-24)25-10-15-4-3-5-16(28-15)13-6-8-14(9-7-13)19(21,22)23/h6-9,11,15-16,25H,1,3-5,10H2,2H3,(H2,24,26)/b18-17+/t15-,16+/m1/s1. The Labute approximate surface area is 167 Å². The van der Waals surface area contributed by atoms with Crippen molar-refractivity contribution >= 4 is 17.9 Å². The van der Waals surface area contributed by atoms with Crippen molar-refractivity contribution in [3.05, 3.63) is 58.6 Å². The molecular weight excluding hydrogens is 395 g/mol. The van der Waals surface area contributed by atoms with E-state index in [1.807, 2.05) is 0 Å². The minimum absolute atomic E-state index is 0.0645. The molecule has 0 aliphatic carbocycles. The first-order valence-electron chi connectivity index (χ1n) is 8.70. The Morgan fingerprint density at radius 3 is 2.64 bits per heavy atom. The molecule has 1 aromatic rings. The van der Waals surface area contributed by atoms with Gasteiger partial charge in [0.15, 0.2) is 10.9 Å². The molecule has 0 saturated carbocycles. The van der Waals surface area contributed by atoms with Gasteiger partial charge < -0.3 is 20.5 Å². The maximum Gasteiger partial charge on any atom is 0.416 e. The SMILES string of the molecule is C=C(NC[C@H]1CCC[C@@H](c2ccc(C(F)(F)F)cc2)O1)/C(OC)=C(Cl)\N=C/N. The van der Waals surface area contributed by atoms with Crippen molar-refractivity contribution < 1.29 is 22.6 Å². The Kier molecular flexibility index (Phi) is 7.77. The van der Waals surface area contributed by atoms with Crippen LogP contribution in [0.3, 0.4) is 0 Å². The average Bonchev–Trinajstić information content (AvgIpc) is 2.67. The van der Waals surface area contributed by atoms with Crippen LogP contribution in [0.4, 0.5) is 13.2 Å². The number of nitrogens with zero attached hydrogens (tertiary/aromatic N) is 1. The van der Waals surface area contributed by atoms with Gasteiger partial charge in [0, 0.05) is 6.54 Å². The summed E-state index contributed by atoms with van der Waals surface area (Å²) in [6, 6.07) is 5.10. The number of nitrogens with two attached hydrogens (primary N) is 1. The summed E-state index contributed by atoms with van der Waals surface area (Å²) in [6.07, 6.45) is -1.21. The van der Waals surface area contributed by atoms with Gasteiger partial charge in [0.2, 0.25) is 0 Å². The maximum absolute atomic E-state index is 12.7. The quantitative estimate of drug-likeness (QED) is 0.226. The van der Waals surface area contributed by atoms with Gasteiger partial charge in [0.1, 0.15) is 0 Å². The molecule has 0 radical (unpaired) electrons. The minimum Gasteiger partial charge on any atom is -0.491 e. The molecule has 2 atom stereocenters. The summed E-state index contributed by atoms with van der Waals surface area (Å²) in [5, 5.41) is 3.16. The fourth-order valence-corrected chi connectivity index (χ4v) is 3.20. The van der Waals surface area contributed by atoms with Crippen LogP contribution in [0.1, 0.15) is 36.5 Å². The van der Waals surface area contributed by atoms with Crippen molar-refractivity contribution in [3.63, 3.8) is 0 Å². The van der Waals surface area contributed by atoms with Gasteiger partial charge in [0.05, 0.1) is 36.9 Å². The Morgan fingerprint density at radius 1 is 1.39 bits per heavy atom. The first kappa shape index (κ1) is 22.1. The van der Waals surface area contributed by atoms with Crippen LogP contribution in [0.15, 0.2) is 52.4 Å². The summed E-state index contributed by atoms with van der Waals surface area (Å²) in [4.78, 5) is 3.75. The number of ether oxygens (including phenoxy) is 2. The highest BCUT2D eigenvalue weighted by Crippen LogP contribution is 2.34. The lowest BCUT2D eigenvalue weighted by molar-refractivity contribution is -0.137. The van der Waals surface area contributed by atoms with Crippen LogP contribution in [0.5, 0.6) is 0 Å². The van der Waals surface area contributed by atoms with Crippen LogP contribution in [0.2, 0.25) is 0 Å². The summed E-state index contributed by atoms with van der Waals surface area (Å²) in [5.41, 5.74) is 5.71. The molecule has 1 saturated heterocycles. The average molecular weight is 418 g/mol. The van der Waals surface area contributed by atoms with Gasteiger partial charge in [0.25, 0.3) is 0 Å². The van der Waals surface area contributed by atoms with E-state index in [4.69, 9.17) is 26.8 Å². The normalized spacial score (nSPS) is 21.3. The predicted molar refractivity (Wildman–Crippen MR) is 103 cm³/mol. The second-order valence-electron chi connectivity index (χ2n) is 6.26. The Morgan fingerprint density at radius 2 is 2.07 bits per heavy atom. The molecule has 3 N–H and O–H groups in total. The molecule has 1 heterocycles. The molecule has 5 nitrogen and oxygen atoms in total. The lowest BCUT2D eigenvalue weighted by atomic mass is 9.97. The molecule has 154 valence electrons. The molecule has 2 rings (SSSR count). The summed E-state index contributed by atoms with van der Waals surface area (Å²) in [6.45, 7) is 4.31. The second kappa shape index (κ2) is 9.84. The topological polar surface area (TPSA) is 68.9 Å². The van der Waals surface area contributed by atoms with E-state index in [-0.39, 0.29) is 23.1 Å². The van der Waals surface area contributed by atoms with Crippen LogP contribution in [0, 0.1) is 0 Å². The number of hydrogen-bond donors (Lipinski definition) is 2. The minimum atomic E-state index is -4.35. The molecule has 28 heavy (non-hydrogen) atoms. The van der Waals surface area contributed by atoms with Crippen LogP contribution < -0.4 is 11.1 Å². The lowest BCUT2D eigenvalue weighted by Gasteiger charge is -2.31. The highest BCUT2D eigenvalue weighted by Gasteiger charge is 2.31. The van der Waals surface area contributed by atoms with E-state index < -0.39 is 11.7 Å². The Bertz CT molecular complexity index is 733. The van der Waals surface area contributed by atoms with Crippen LogP contribution in [-0.4, -0.2) is 26.1 Å². The molecule has 0 aromatic heterocycles. The third kappa shape index (κ3) is 5.90. The molecule has 1 fully saturated rings. The predicted octanol–water partition coefficient (Wildman–Crippen LogP) is 4.46. The first-order chi connectivity index (χ1) is 13.3. The number of halogens is 4. The molecule has 0 spiro atoms. The van der Waals surface area contributed by atoms with Gasteiger partial charge in [-0.15, -0.1) is 0 Å². The first-order valence-corrected chi connectivity index (χ1v) is 9.07. The van der Waals surface area contributed by atoms with Gasteiger partial charge in [-0.1, -0.05) is 30.3 Å². The van der Waals surface area contributed by atoms with Crippen molar-refractivity contribution in [2.45, 2.75) is 37.6 Å². The summed E-state index contributed by atoms with van der Waals surface area (Å²) in [5.74, 6) is 0.262. The van der Waals surface area contributed by atoms with Gasteiger partial charge in [-0.3, -0.25) is 0 Å². The van der Waals surface area contributed by atoms with E-state index in [1.165, 1.54) is 19.2 Å². The van der Waals surface area contributed by atoms with E-state index in [2.05, 4.69) is 16.9 Å². The summed E-state index contributed by atoms with van der Waals surface area (Å²) >= 11 is 5.98. The third-order valence-electron chi connectivity index (χ3n) is 4.36. The zero-order valence-corrected chi connectivity index (χ0v) is 16.2. The number of nitrogens with one attached hydrogen (secondary N) is 1. The molecular formula is C19H23ClF3N3O2. The van der Waals surface area contributed by atoms with E-state index in [9.17, 15) is 13.2 Å². The molecule has 1 aliphatic rings. The van der Waals surface area contributed by atoms with Crippen LogP contribution in [-0.2, 0) is 15.7 Å². The number of benzene rings is 1. The molecule has 0 bridgehead atoms. The number of alkyl halides is 3. The van der Waals surface area contributed by atoms with Gasteiger partial charge in [-0.25, -0.2) is 4.99 Å². The van der Waals surface area contributed by atoms with Gasteiger partial charge >= 0.3 is 6.18 Å². The van der Waals surface area contributed by atoms with Crippen molar-refractivity contribution in [1.29, 1.82) is 0 Å². The largest absolute Gasteiger partial charge is 0.491 e. The monoisotopic (exact) mass is 417 g/mol. The second-order valence-corrected chi connectivity index (χ2v) is 6.62. The van der Waals surface area contributed by atoms with Crippen LogP contribution in [0.25, 0.3) is 0 Å². The third-order valence-corrected chi connectivity index (χ3v) is 4.62. The van der Waals surface area contributed by atoms with Crippen LogP contribution >= 0.6 is 11.6 Å². The van der Waals surface area contributed by atoms with E-state index in [0.717, 1.165) is 43.3 Å². The smallest absolute Gasteiger partial charge is 0.416 e. The Hall–Kier alpha value is -2.19. The van der Waals surface area contributed by atoms with Crippen molar-refractivity contribution in [3.8, 4) is 0 Å². The van der Waals surface area contributed by atoms with E-state index in [1.54, 1.807) is 0 Å². The number of rotatable bonds is 7. The van der Waals surface area contributed by atoms with E-state index >= 15 is 0 Å². The highest BCUT2D eigenvalue weighted by molar-refractivity contribution is 6.30. The molecule has 1 aromatic carbocycles. The fourth-order valence-electron chi connectivity index (χ4n) is 2.95. The Balaban J connectivity index is 1.96. The number of aliphatic imine (C=N–C) groups is 1. The lowest BCUT2D eigenvalue weighted by Crippen LogP contribution is -2.33. The zero-order valence-electron chi connectivity index (χ0n) is 15.4.